The Morgan fingerprint density at radius 1 is 1.50 bits per heavy atom. The molecule has 0 aromatic carbocycles. The van der Waals surface area contributed by atoms with Crippen LogP contribution in [0.25, 0.3) is 5.65 Å². The Morgan fingerprint density at radius 2 is 2.33 bits per heavy atom. The lowest BCUT2D eigenvalue weighted by Crippen LogP contribution is -1.86. The summed E-state index contributed by atoms with van der Waals surface area (Å²) in [7, 11) is -2.23. The maximum Gasteiger partial charge on any atom is 0.239 e. The van der Waals surface area contributed by atoms with Crippen molar-refractivity contribution in [3.63, 3.8) is 0 Å². The second-order valence-electron chi connectivity index (χ2n) is 2.20. The molecule has 0 aliphatic rings. The topological polar surface area (TPSA) is 67.2 Å². The molecule has 0 aliphatic carbocycles. The molecule has 0 unspecified atom stereocenters. The highest BCUT2D eigenvalue weighted by atomic mass is 32.2. The van der Waals surface area contributed by atoms with E-state index in [0.29, 0.717) is 5.65 Å². The van der Waals surface area contributed by atoms with Gasteiger partial charge in [-0.05, 0) is 6.07 Å². The van der Waals surface area contributed by atoms with Crippen molar-refractivity contribution in [3.05, 3.63) is 29.2 Å². The lowest BCUT2D eigenvalue weighted by atomic mass is 10.6. The van der Waals surface area contributed by atoms with Crippen LogP contribution in [0.4, 0.5) is 0 Å². The molecule has 2 aromatic heterocycles. The molecular weight excluding hydrogens is 178 g/mol. The lowest BCUT2D eigenvalue weighted by Gasteiger charge is -1.87. The van der Waals surface area contributed by atoms with E-state index in [4.69, 9.17) is 0 Å². The second kappa shape index (κ2) is 2.49. The number of rotatable bonds is 0. The number of fused-ring (bicyclic) bond motifs is 1. The first kappa shape index (κ1) is 7.11. The fourth-order valence-corrected chi connectivity index (χ4v) is 1.31. The number of nitrogens with zero attached hydrogens (tertiary/aromatic N) is 2. The zero-order chi connectivity index (χ0) is 8.55. The predicted octanol–water partition coefficient (Wildman–Crippen LogP) is 0.0735. The molecule has 0 radical (unpaired) electrons. The van der Waals surface area contributed by atoms with Gasteiger partial charge in [0.05, 0.1) is 0 Å². The first-order valence-electron chi connectivity index (χ1n) is 3.22. The van der Waals surface area contributed by atoms with Gasteiger partial charge in [-0.1, -0.05) is 0 Å². The summed E-state index contributed by atoms with van der Waals surface area (Å²) in [6.45, 7) is 0. The number of aromatic amines is 1. The van der Waals surface area contributed by atoms with Crippen LogP contribution >= 0.6 is 0 Å². The van der Waals surface area contributed by atoms with E-state index in [0.717, 1.165) is 0 Å². The van der Waals surface area contributed by atoms with Crippen LogP contribution in [0.2, 0.25) is 0 Å². The van der Waals surface area contributed by atoms with E-state index in [-0.39, 0.29) is 4.64 Å². The normalized spacial score (nSPS) is 10.3. The fraction of sp³-hybridized carbons (Fsp3) is 0. The van der Waals surface area contributed by atoms with Crippen LogP contribution in [0.1, 0.15) is 0 Å². The number of hydrogen-bond acceptors (Lipinski definition) is 3. The highest BCUT2D eigenvalue weighted by molar-refractivity contribution is 7.63. The molecule has 2 aromatic rings. The van der Waals surface area contributed by atoms with Gasteiger partial charge in [-0.2, -0.15) is 8.42 Å². The van der Waals surface area contributed by atoms with Gasteiger partial charge in [0, 0.05) is 18.5 Å². The zero-order valence-electron chi connectivity index (χ0n) is 5.93. The van der Waals surface area contributed by atoms with Crippen molar-refractivity contribution in [1.29, 1.82) is 0 Å². The monoisotopic (exact) mass is 183 g/mol. The average molecular weight is 183 g/mol. The zero-order valence-corrected chi connectivity index (χ0v) is 6.75. The fourth-order valence-electron chi connectivity index (χ4n) is 0.938. The van der Waals surface area contributed by atoms with E-state index in [2.05, 4.69) is 10.1 Å². The Labute approximate surface area is 68.8 Å². The minimum Gasteiger partial charge on any atom is -0.279 e. The molecule has 5 nitrogen and oxygen atoms in total. The maximum atomic E-state index is 10.5. The SMILES string of the molecule is O=S(=O)=c1cc2ncccn2[nH]1. The third kappa shape index (κ3) is 1.02. The van der Waals surface area contributed by atoms with Gasteiger partial charge in [0.1, 0.15) is 0 Å². The highest BCUT2D eigenvalue weighted by Gasteiger charge is 1.92. The molecule has 62 valence electrons. The van der Waals surface area contributed by atoms with Crippen LogP contribution in [-0.2, 0) is 10.3 Å². The van der Waals surface area contributed by atoms with Gasteiger partial charge in [0.15, 0.2) is 10.3 Å². The molecule has 2 rings (SSSR count). The summed E-state index contributed by atoms with van der Waals surface area (Å²) in [6, 6.07) is 3.17. The van der Waals surface area contributed by atoms with Crippen molar-refractivity contribution in [2.75, 3.05) is 0 Å². The minimum absolute atomic E-state index is 0.133. The number of nitrogens with one attached hydrogen (secondary N) is 1. The average Bonchev–Trinajstić information content (AvgIpc) is 2.46. The van der Waals surface area contributed by atoms with Crippen LogP contribution in [0, 0.1) is 4.64 Å². The predicted molar refractivity (Wildman–Crippen MR) is 41.7 cm³/mol. The van der Waals surface area contributed by atoms with Gasteiger partial charge < -0.3 is 0 Å². The van der Waals surface area contributed by atoms with E-state index < -0.39 is 10.3 Å². The molecule has 0 bridgehead atoms. The van der Waals surface area contributed by atoms with E-state index in [1.165, 1.54) is 10.6 Å². The van der Waals surface area contributed by atoms with E-state index in [1.807, 2.05) is 0 Å². The molecule has 0 atom stereocenters. The van der Waals surface area contributed by atoms with Crippen LogP contribution in [0.15, 0.2) is 24.5 Å². The van der Waals surface area contributed by atoms with Gasteiger partial charge in [-0.3, -0.25) is 5.10 Å². The van der Waals surface area contributed by atoms with Crippen molar-refractivity contribution in [2.24, 2.45) is 0 Å². The van der Waals surface area contributed by atoms with Crippen molar-refractivity contribution in [1.82, 2.24) is 14.6 Å². The molecule has 0 aliphatic heterocycles. The van der Waals surface area contributed by atoms with Crippen molar-refractivity contribution in [3.8, 4) is 0 Å². The van der Waals surface area contributed by atoms with Crippen LogP contribution < -0.4 is 0 Å². The first-order valence-corrected chi connectivity index (χ1v) is 4.29. The Hall–Kier alpha value is -1.56. The highest BCUT2D eigenvalue weighted by Crippen LogP contribution is 1.95. The molecule has 0 saturated carbocycles. The summed E-state index contributed by atoms with van der Waals surface area (Å²) < 4.78 is 22.7. The largest absolute Gasteiger partial charge is 0.279 e. The third-order valence-corrected chi connectivity index (χ3v) is 2.01. The van der Waals surface area contributed by atoms with Crippen molar-refractivity contribution in [2.45, 2.75) is 0 Å². The van der Waals surface area contributed by atoms with Gasteiger partial charge >= 0.3 is 0 Å². The summed E-state index contributed by atoms with van der Waals surface area (Å²) >= 11 is 0. The van der Waals surface area contributed by atoms with Crippen LogP contribution in [-0.4, -0.2) is 23.0 Å². The summed E-state index contributed by atoms with van der Waals surface area (Å²) in [5, 5.41) is 2.64. The van der Waals surface area contributed by atoms with Crippen molar-refractivity contribution >= 4 is 15.9 Å². The standard InChI is InChI=1S/C6H5N3O2S/c10-12(11)6-4-5-7-2-1-3-9(5)8-6/h1-4,8H. The van der Waals surface area contributed by atoms with Gasteiger partial charge in [0.2, 0.25) is 10.3 Å². The van der Waals surface area contributed by atoms with Crippen LogP contribution in [0.3, 0.4) is 0 Å². The summed E-state index contributed by atoms with van der Waals surface area (Å²) in [4.78, 5) is 3.94. The molecule has 2 heterocycles. The smallest absolute Gasteiger partial charge is 0.239 e. The number of H-pyrrole nitrogens is 1. The molecule has 12 heavy (non-hydrogen) atoms. The van der Waals surface area contributed by atoms with Crippen LogP contribution in [0.5, 0.6) is 0 Å². The quantitative estimate of drug-likeness (QED) is 0.588. The van der Waals surface area contributed by atoms with E-state index in [9.17, 15) is 8.42 Å². The minimum atomic E-state index is -2.23. The Kier molecular flexibility index (Phi) is 1.47. The maximum absolute atomic E-state index is 10.5. The Bertz CT molecular complexity index is 534. The second-order valence-corrected chi connectivity index (χ2v) is 3.11. The molecule has 0 spiro atoms. The molecule has 1 N–H and O–H groups in total. The molecule has 0 fully saturated rings. The summed E-state index contributed by atoms with van der Waals surface area (Å²) in [5.74, 6) is 0. The van der Waals surface area contributed by atoms with E-state index >= 15 is 0 Å². The lowest BCUT2D eigenvalue weighted by molar-refractivity contribution is 0.624. The van der Waals surface area contributed by atoms with Crippen molar-refractivity contribution < 1.29 is 8.42 Å². The van der Waals surface area contributed by atoms with Gasteiger partial charge in [0.25, 0.3) is 0 Å². The number of hydrogen-bond donors (Lipinski definition) is 1. The molecular formula is C6H5N3O2S. The third-order valence-electron chi connectivity index (χ3n) is 1.45. The Morgan fingerprint density at radius 3 is 3.00 bits per heavy atom. The molecule has 6 heteroatoms. The molecule has 0 amide bonds. The molecule has 0 saturated heterocycles. The van der Waals surface area contributed by atoms with E-state index in [1.54, 1.807) is 18.5 Å². The summed E-state index contributed by atoms with van der Waals surface area (Å²) in [5.41, 5.74) is 0.580. The van der Waals surface area contributed by atoms with Gasteiger partial charge in [-0.25, -0.2) is 9.50 Å². The Balaban J connectivity index is 3.08. The van der Waals surface area contributed by atoms with Gasteiger partial charge in [-0.15, -0.1) is 0 Å². The first-order chi connectivity index (χ1) is 5.77. The number of aromatic nitrogens is 3. The summed E-state index contributed by atoms with van der Waals surface area (Å²) in [6.07, 6.45) is 3.29.